The summed E-state index contributed by atoms with van der Waals surface area (Å²) in [6, 6.07) is 9.61. The van der Waals surface area contributed by atoms with Gasteiger partial charge in [-0.15, -0.1) is 0 Å². The zero-order valence-electron chi connectivity index (χ0n) is 13.7. The van der Waals surface area contributed by atoms with E-state index in [0.29, 0.717) is 5.56 Å². The van der Waals surface area contributed by atoms with Crippen molar-refractivity contribution < 1.29 is 28.9 Å². The molecule has 0 heterocycles. The molecular formula is C18H18O6. The molecule has 24 heavy (non-hydrogen) atoms. The smallest absolute Gasteiger partial charge is 0.338 e. The van der Waals surface area contributed by atoms with Crippen LogP contribution in [0.25, 0.3) is 0 Å². The summed E-state index contributed by atoms with van der Waals surface area (Å²) < 4.78 is 15.0. The van der Waals surface area contributed by atoms with Gasteiger partial charge in [0.1, 0.15) is 0 Å². The highest BCUT2D eigenvalue weighted by molar-refractivity contribution is 5.99. The number of phenols is 1. The minimum absolute atomic E-state index is 0.0751. The Labute approximate surface area is 139 Å². The van der Waals surface area contributed by atoms with E-state index in [1.165, 1.54) is 26.4 Å². The van der Waals surface area contributed by atoms with Gasteiger partial charge in [0.2, 0.25) is 5.75 Å². The molecule has 2 rings (SSSR count). The minimum Gasteiger partial charge on any atom is -0.502 e. The van der Waals surface area contributed by atoms with Gasteiger partial charge in [-0.1, -0.05) is 29.8 Å². The summed E-state index contributed by atoms with van der Waals surface area (Å²) in [5.74, 6) is -1.09. The first-order valence-electron chi connectivity index (χ1n) is 7.18. The van der Waals surface area contributed by atoms with Crippen LogP contribution in [0.15, 0.2) is 36.4 Å². The summed E-state index contributed by atoms with van der Waals surface area (Å²) in [4.78, 5) is 24.1. The normalized spacial score (nSPS) is 10.1. The third kappa shape index (κ3) is 3.84. The Morgan fingerprint density at radius 1 is 0.958 bits per heavy atom. The second-order valence-electron chi connectivity index (χ2n) is 5.09. The lowest BCUT2D eigenvalue weighted by atomic mass is 10.1. The highest BCUT2D eigenvalue weighted by Gasteiger charge is 2.18. The van der Waals surface area contributed by atoms with E-state index >= 15 is 0 Å². The first kappa shape index (κ1) is 17.3. The molecule has 2 aromatic carbocycles. The van der Waals surface area contributed by atoms with Gasteiger partial charge in [-0.05, 0) is 19.1 Å². The van der Waals surface area contributed by atoms with Gasteiger partial charge in [-0.25, -0.2) is 4.79 Å². The standard InChI is InChI=1S/C18H18O6/c1-11-4-6-12(7-5-11)14(19)10-24-18(21)13-8-15(22-2)17(20)16(9-13)23-3/h4-9,20H,10H2,1-3H3. The van der Waals surface area contributed by atoms with Crippen LogP contribution in [-0.4, -0.2) is 37.7 Å². The number of ether oxygens (including phenoxy) is 3. The van der Waals surface area contributed by atoms with Gasteiger partial charge < -0.3 is 19.3 Å². The fraction of sp³-hybridized carbons (Fsp3) is 0.222. The van der Waals surface area contributed by atoms with Crippen molar-refractivity contribution in [1.82, 2.24) is 0 Å². The highest BCUT2D eigenvalue weighted by atomic mass is 16.5. The van der Waals surface area contributed by atoms with Crippen molar-refractivity contribution in [2.75, 3.05) is 20.8 Å². The molecule has 0 aliphatic carbocycles. The van der Waals surface area contributed by atoms with Gasteiger partial charge in [0.05, 0.1) is 19.8 Å². The van der Waals surface area contributed by atoms with Crippen LogP contribution in [0.1, 0.15) is 26.3 Å². The summed E-state index contributed by atoms with van der Waals surface area (Å²) in [5.41, 5.74) is 1.61. The second-order valence-corrected chi connectivity index (χ2v) is 5.09. The van der Waals surface area contributed by atoms with Crippen molar-refractivity contribution in [2.45, 2.75) is 6.92 Å². The van der Waals surface area contributed by atoms with Crippen molar-refractivity contribution in [3.63, 3.8) is 0 Å². The maximum absolute atomic E-state index is 12.1. The number of hydrogen-bond donors (Lipinski definition) is 1. The fourth-order valence-electron chi connectivity index (χ4n) is 2.05. The van der Waals surface area contributed by atoms with E-state index in [1.807, 2.05) is 19.1 Å². The average molecular weight is 330 g/mol. The van der Waals surface area contributed by atoms with Gasteiger partial charge in [0.25, 0.3) is 0 Å². The van der Waals surface area contributed by atoms with E-state index in [1.54, 1.807) is 12.1 Å². The lowest BCUT2D eigenvalue weighted by Crippen LogP contribution is -2.14. The molecule has 126 valence electrons. The number of Topliss-reactive ketones (excluding diaryl/α,β-unsaturated/α-hetero) is 1. The van der Waals surface area contributed by atoms with E-state index in [-0.39, 0.29) is 35.2 Å². The monoisotopic (exact) mass is 330 g/mol. The minimum atomic E-state index is -0.716. The van der Waals surface area contributed by atoms with Gasteiger partial charge >= 0.3 is 5.97 Å². The number of aromatic hydroxyl groups is 1. The number of carbonyl (C=O) groups is 2. The number of benzene rings is 2. The third-order valence-electron chi connectivity index (χ3n) is 3.42. The molecule has 0 aromatic heterocycles. The number of methoxy groups -OCH3 is 2. The Balaban J connectivity index is 2.09. The summed E-state index contributed by atoms with van der Waals surface area (Å²) in [6.07, 6.45) is 0. The van der Waals surface area contributed by atoms with Gasteiger partial charge in [-0.3, -0.25) is 4.79 Å². The first-order chi connectivity index (χ1) is 11.5. The summed E-state index contributed by atoms with van der Waals surface area (Å²) >= 11 is 0. The number of rotatable bonds is 6. The molecule has 0 fully saturated rings. The molecule has 0 unspecified atom stereocenters. The van der Waals surface area contributed by atoms with E-state index in [2.05, 4.69) is 0 Å². The van der Waals surface area contributed by atoms with E-state index < -0.39 is 5.97 Å². The van der Waals surface area contributed by atoms with Crippen LogP contribution >= 0.6 is 0 Å². The zero-order chi connectivity index (χ0) is 17.7. The lowest BCUT2D eigenvalue weighted by Gasteiger charge is -2.11. The largest absolute Gasteiger partial charge is 0.502 e. The number of esters is 1. The first-order valence-corrected chi connectivity index (χ1v) is 7.18. The highest BCUT2D eigenvalue weighted by Crippen LogP contribution is 2.37. The molecule has 0 atom stereocenters. The van der Waals surface area contributed by atoms with Crippen LogP contribution in [0.2, 0.25) is 0 Å². The molecule has 0 aliphatic heterocycles. The summed E-state index contributed by atoms with van der Waals surface area (Å²) in [7, 11) is 2.70. The van der Waals surface area contributed by atoms with E-state index in [4.69, 9.17) is 14.2 Å². The summed E-state index contributed by atoms with van der Waals surface area (Å²) in [5, 5.41) is 9.83. The maximum Gasteiger partial charge on any atom is 0.338 e. The van der Waals surface area contributed by atoms with Crippen molar-refractivity contribution in [1.29, 1.82) is 0 Å². The number of aryl methyl sites for hydroxylation is 1. The van der Waals surface area contributed by atoms with Crippen molar-refractivity contribution in [2.24, 2.45) is 0 Å². The number of phenolic OH excluding ortho intramolecular Hbond substituents is 1. The molecule has 0 bridgehead atoms. The molecule has 0 saturated heterocycles. The lowest BCUT2D eigenvalue weighted by molar-refractivity contribution is 0.0474. The Kier molecular flexibility index (Phi) is 5.42. The Morgan fingerprint density at radius 2 is 1.50 bits per heavy atom. The van der Waals surface area contributed by atoms with Crippen molar-refractivity contribution >= 4 is 11.8 Å². The topological polar surface area (TPSA) is 82.1 Å². The zero-order valence-corrected chi connectivity index (χ0v) is 13.7. The Hall–Kier alpha value is -3.02. The average Bonchev–Trinajstić information content (AvgIpc) is 2.60. The van der Waals surface area contributed by atoms with Crippen LogP contribution in [0.5, 0.6) is 17.2 Å². The molecule has 0 radical (unpaired) electrons. The van der Waals surface area contributed by atoms with Crippen molar-refractivity contribution in [3.8, 4) is 17.2 Å². The SMILES string of the molecule is COc1cc(C(=O)OCC(=O)c2ccc(C)cc2)cc(OC)c1O. The number of ketones is 1. The van der Waals surface area contributed by atoms with Crippen LogP contribution in [0.4, 0.5) is 0 Å². The van der Waals surface area contributed by atoms with Gasteiger partial charge in [0, 0.05) is 5.56 Å². The van der Waals surface area contributed by atoms with Crippen LogP contribution in [0.3, 0.4) is 0 Å². The molecule has 2 aromatic rings. The molecule has 6 nitrogen and oxygen atoms in total. The summed E-state index contributed by atoms with van der Waals surface area (Å²) in [6.45, 7) is 1.53. The van der Waals surface area contributed by atoms with Crippen LogP contribution in [0, 0.1) is 6.92 Å². The third-order valence-corrected chi connectivity index (χ3v) is 3.42. The Bertz CT molecular complexity index is 724. The quantitative estimate of drug-likeness (QED) is 0.648. The van der Waals surface area contributed by atoms with Crippen LogP contribution in [-0.2, 0) is 4.74 Å². The molecule has 0 aliphatic rings. The number of carbonyl (C=O) groups excluding carboxylic acids is 2. The molecule has 0 saturated carbocycles. The van der Waals surface area contributed by atoms with Gasteiger partial charge in [-0.2, -0.15) is 0 Å². The Morgan fingerprint density at radius 3 is 2.00 bits per heavy atom. The maximum atomic E-state index is 12.1. The van der Waals surface area contributed by atoms with E-state index in [9.17, 15) is 14.7 Å². The molecule has 0 spiro atoms. The van der Waals surface area contributed by atoms with Crippen LogP contribution < -0.4 is 9.47 Å². The number of hydrogen-bond acceptors (Lipinski definition) is 6. The van der Waals surface area contributed by atoms with E-state index in [0.717, 1.165) is 5.56 Å². The second kappa shape index (κ2) is 7.50. The predicted molar refractivity (Wildman–Crippen MR) is 87.0 cm³/mol. The molecule has 0 amide bonds. The molecule has 6 heteroatoms. The molecular weight excluding hydrogens is 312 g/mol. The van der Waals surface area contributed by atoms with Crippen molar-refractivity contribution in [3.05, 3.63) is 53.1 Å². The van der Waals surface area contributed by atoms with Gasteiger partial charge in [0.15, 0.2) is 23.9 Å². The predicted octanol–water partition coefficient (Wildman–Crippen LogP) is 2.76. The fourth-order valence-corrected chi connectivity index (χ4v) is 2.05. The molecule has 1 N–H and O–H groups in total.